The Morgan fingerprint density at radius 3 is 2.62 bits per heavy atom. The van der Waals surface area contributed by atoms with Crippen LogP contribution in [0.25, 0.3) is 0 Å². The van der Waals surface area contributed by atoms with Crippen molar-refractivity contribution in [1.29, 1.82) is 0 Å². The monoisotopic (exact) mass is 224 g/mol. The van der Waals surface area contributed by atoms with Gasteiger partial charge in [0, 0.05) is 38.8 Å². The second-order valence-corrected chi connectivity index (χ2v) is 3.83. The predicted molar refractivity (Wildman–Crippen MR) is 60.6 cm³/mol. The molecule has 0 amide bonds. The summed E-state index contributed by atoms with van der Waals surface area (Å²) < 4.78 is 0. The summed E-state index contributed by atoms with van der Waals surface area (Å²) in [6.45, 7) is 4.52. The minimum absolute atomic E-state index is 0.178. The summed E-state index contributed by atoms with van der Waals surface area (Å²) >= 11 is 0. The summed E-state index contributed by atoms with van der Waals surface area (Å²) in [7, 11) is 0. The highest BCUT2D eigenvalue weighted by molar-refractivity contribution is 5.36. The summed E-state index contributed by atoms with van der Waals surface area (Å²) in [5.41, 5.74) is -0.178. The van der Waals surface area contributed by atoms with Crippen LogP contribution in [0.4, 0.5) is 5.82 Å². The average molecular weight is 224 g/mol. The molecule has 6 heteroatoms. The summed E-state index contributed by atoms with van der Waals surface area (Å²) in [5.74, 6) is 0.809. The summed E-state index contributed by atoms with van der Waals surface area (Å²) in [6, 6.07) is 3.23. The minimum Gasteiger partial charge on any atom is -0.395 e. The van der Waals surface area contributed by atoms with Crippen LogP contribution >= 0.6 is 0 Å². The number of aliphatic hydroxyl groups excluding tert-OH is 1. The molecule has 1 aliphatic rings. The van der Waals surface area contributed by atoms with Gasteiger partial charge in [0.2, 0.25) is 0 Å². The van der Waals surface area contributed by atoms with Gasteiger partial charge >= 0.3 is 0 Å². The lowest BCUT2D eigenvalue weighted by atomic mass is 10.3. The van der Waals surface area contributed by atoms with Crippen LogP contribution in [0.5, 0.6) is 0 Å². The number of nitrogens with zero attached hydrogens (tertiary/aromatic N) is 3. The zero-order valence-electron chi connectivity index (χ0n) is 9.09. The van der Waals surface area contributed by atoms with E-state index in [2.05, 4.69) is 20.0 Å². The quantitative estimate of drug-likeness (QED) is 0.681. The Morgan fingerprint density at radius 1 is 1.31 bits per heavy atom. The molecule has 0 aromatic carbocycles. The van der Waals surface area contributed by atoms with Crippen LogP contribution in [0.1, 0.15) is 0 Å². The number of rotatable bonds is 3. The van der Waals surface area contributed by atoms with Gasteiger partial charge in [0.15, 0.2) is 0 Å². The van der Waals surface area contributed by atoms with E-state index < -0.39 is 0 Å². The van der Waals surface area contributed by atoms with Crippen molar-refractivity contribution >= 4 is 5.82 Å². The molecule has 0 aliphatic carbocycles. The van der Waals surface area contributed by atoms with Gasteiger partial charge in [0.25, 0.3) is 5.56 Å². The van der Waals surface area contributed by atoms with Crippen molar-refractivity contribution in [3.63, 3.8) is 0 Å². The molecule has 16 heavy (non-hydrogen) atoms. The Bertz CT molecular complexity index is 364. The Hall–Kier alpha value is -1.40. The number of nitrogens with one attached hydrogen (secondary N) is 1. The van der Waals surface area contributed by atoms with Crippen LogP contribution in [0.15, 0.2) is 16.9 Å². The molecule has 0 spiro atoms. The highest BCUT2D eigenvalue weighted by Crippen LogP contribution is 2.10. The van der Waals surface area contributed by atoms with E-state index in [1.54, 1.807) is 6.07 Å². The molecule has 0 saturated carbocycles. The van der Waals surface area contributed by atoms with E-state index >= 15 is 0 Å². The van der Waals surface area contributed by atoms with Gasteiger partial charge in [-0.3, -0.25) is 9.69 Å². The van der Waals surface area contributed by atoms with E-state index in [0.29, 0.717) is 0 Å². The van der Waals surface area contributed by atoms with Crippen LogP contribution in [-0.4, -0.2) is 59.5 Å². The maximum absolute atomic E-state index is 10.9. The molecule has 2 N–H and O–H groups in total. The van der Waals surface area contributed by atoms with Gasteiger partial charge in [-0.05, 0) is 6.07 Å². The van der Waals surface area contributed by atoms with Crippen molar-refractivity contribution in [3.8, 4) is 0 Å². The standard InChI is InChI=1S/C10H16N4O2/c15-8-7-13-3-5-14(6-4-13)9-1-2-10(16)12-11-9/h1-2,15H,3-8H2,(H,12,16). The molecule has 1 aromatic rings. The second-order valence-electron chi connectivity index (χ2n) is 3.83. The number of aromatic nitrogens is 2. The molecule has 0 radical (unpaired) electrons. The van der Waals surface area contributed by atoms with Gasteiger partial charge in [-0.1, -0.05) is 0 Å². The molecule has 1 fully saturated rings. The van der Waals surface area contributed by atoms with Gasteiger partial charge in [-0.2, -0.15) is 5.10 Å². The maximum atomic E-state index is 10.9. The molecule has 0 unspecified atom stereocenters. The summed E-state index contributed by atoms with van der Waals surface area (Å²) in [6.07, 6.45) is 0. The molecule has 0 bridgehead atoms. The Labute approximate surface area is 93.5 Å². The van der Waals surface area contributed by atoms with E-state index in [0.717, 1.165) is 38.5 Å². The van der Waals surface area contributed by atoms with Crippen LogP contribution in [0, 0.1) is 0 Å². The number of β-amino-alcohol motifs (C(OH)–C–C–N with tert-alkyl or cyclic N) is 1. The molecule has 88 valence electrons. The van der Waals surface area contributed by atoms with Crippen LogP contribution in [0.3, 0.4) is 0 Å². The first-order chi connectivity index (χ1) is 7.79. The molecule has 1 saturated heterocycles. The third kappa shape index (κ3) is 2.59. The zero-order chi connectivity index (χ0) is 11.4. The molecular formula is C10H16N4O2. The maximum Gasteiger partial charge on any atom is 0.264 e. The van der Waals surface area contributed by atoms with E-state index in [1.807, 2.05) is 0 Å². The lowest BCUT2D eigenvalue weighted by molar-refractivity contribution is 0.188. The third-order valence-corrected chi connectivity index (χ3v) is 2.78. The topological polar surface area (TPSA) is 72.5 Å². The van der Waals surface area contributed by atoms with Gasteiger partial charge in [-0.15, -0.1) is 0 Å². The van der Waals surface area contributed by atoms with Crippen molar-refractivity contribution in [2.45, 2.75) is 0 Å². The first kappa shape index (κ1) is 11.1. The summed E-state index contributed by atoms with van der Waals surface area (Å²) in [4.78, 5) is 15.2. The fourth-order valence-electron chi connectivity index (χ4n) is 1.86. The Kier molecular flexibility index (Phi) is 3.53. The number of piperazine rings is 1. The van der Waals surface area contributed by atoms with Gasteiger partial charge in [0.05, 0.1) is 6.61 Å². The van der Waals surface area contributed by atoms with Crippen LogP contribution in [-0.2, 0) is 0 Å². The van der Waals surface area contributed by atoms with Crippen LogP contribution in [0.2, 0.25) is 0 Å². The number of anilines is 1. The van der Waals surface area contributed by atoms with E-state index in [-0.39, 0.29) is 12.2 Å². The molecule has 6 nitrogen and oxygen atoms in total. The van der Waals surface area contributed by atoms with Crippen molar-refractivity contribution in [1.82, 2.24) is 15.1 Å². The predicted octanol–water partition coefficient (Wildman–Crippen LogP) is -1.12. The second kappa shape index (κ2) is 5.09. The Balaban J connectivity index is 1.93. The molecule has 1 aliphatic heterocycles. The molecule has 1 aromatic heterocycles. The van der Waals surface area contributed by atoms with Crippen molar-refractivity contribution in [2.75, 3.05) is 44.2 Å². The fraction of sp³-hybridized carbons (Fsp3) is 0.600. The number of aliphatic hydroxyl groups is 1. The first-order valence-electron chi connectivity index (χ1n) is 5.43. The highest BCUT2D eigenvalue weighted by Gasteiger charge is 2.17. The number of H-pyrrole nitrogens is 1. The smallest absolute Gasteiger partial charge is 0.264 e. The number of hydrogen-bond donors (Lipinski definition) is 2. The lowest BCUT2D eigenvalue weighted by Crippen LogP contribution is -2.47. The summed E-state index contributed by atoms with van der Waals surface area (Å²) in [5, 5.41) is 15.3. The van der Waals surface area contributed by atoms with Crippen molar-refractivity contribution in [3.05, 3.63) is 22.5 Å². The van der Waals surface area contributed by atoms with Gasteiger partial charge in [0.1, 0.15) is 5.82 Å². The third-order valence-electron chi connectivity index (χ3n) is 2.78. The SMILES string of the molecule is O=c1ccc(N2CCN(CCO)CC2)n[nH]1. The van der Waals surface area contributed by atoms with Crippen molar-refractivity contribution in [2.24, 2.45) is 0 Å². The molecule has 2 heterocycles. The van der Waals surface area contributed by atoms with Crippen molar-refractivity contribution < 1.29 is 5.11 Å². The largest absolute Gasteiger partial charge is 0.395 e. The zero-order valence-corrected chi connectivity index (χ0v) is 9.09. The average Bonchev–Trinajstić information content (AvgIpc) is 2.32. The van der Waals surface area contributed by atoms with Crippen LogP contribution < -0.4 is 10.5 Å². The van der Waals surface area contributed by atoms with Gasteiger partial charge in [-0.25, -0.2) is 5.10 Å². The highest BCUT2D eigenvalue weighted by atomic mass is 16.3. The minimum atomic E-state index is -0.178. The van der Waals surface area contributed by atoms with Gasteiger partial charge < -0.3 is 10.0 Å². The normalized spacial score (nSPS) is 17.7. The lowest BCUT2D eigenvalue weighted by Gasteiger charge is -2.34. The molecule has 0 atom stereocenters. The number of aromatic amines is 1. The fourth-order valence-corrected chi connectivity index (χ4v) is 1.86. The van der Waals surface area contributed by atoms with E-state index in [4.69, 9.17) is 5.11 Å². The van der Waals surface area contributed by atoms with E-state index in [9.17, 15) is 4.79 Å². The first-order valence-corrected chi connectivity index (χ1v) is 5.43. The van der Waals surface area contributed by atoms with E-state index in [1.165, 1.54) is 6.07 Å². The Morgan fingerprint density at radius 2 is 2.06 bits per heavy atom. The molecule has 2 rings (SSSR count). The number of hydrogen-bond acceptors (Lipinski definition) is 5. The molecular weight excluding hydrogens is 208 g/mol.